The summed E-state index contributed by atoms with van der Waals surface area (Å²) in [5, 5.41) is 0. The van der Waals surface area contributed by atoms with E-state index in [4.69, 9.17) is 5.73 Å². The second-order valence-electron chi connectivity index (χ2n) is 2.98. The molecule has 1 saturated heterocycles. The van der Waals surface area contributed by atoms with Crippen LogP contribution in [-0.4, -0.2) is 51.0 Å². The van der Waals surface area contributed by atoms with Crippen LogP contribution >= 0.6 is 0 Å². The summed E-state index contributed by atoms with van der Waals surface area (Å²) in [6.07, 6.45) is 0. The van der Waals surface area contributed by atoms with E-state index in [0.717, 1.165) is 0 Å². The Morgan fingerprint density at radius 2 is 2.27 bits per heavy atom. The van der Waals surface area contributed by atoms with Gasteiger partial charge in [0.2, 0.25) is 0 Å². The summed E-state index contributed by atoms with van der Waals surface area (Å²) in [5.74, 6) is 0.500. The zero-order valence-electron chi connectivity index (χ0n) is 6.66. The number of hydrogen-bond donors (Lipinski definition) is 1. The first-order chi connectivity index (χ1) is 5.05. The van der Waals surface area contributed by atoms with Crippen LogP contribution in [0, 0.1) is 0 Å². The molecule has 0 bridgehead atoms. The first-order valence-electron chi connectivity index (χ1n) is 3.66. The van der Waals surface area contributed by atoms with E-state index >= 15 is 0 Å². The van der Waals surface area contributed by atoms with Crippen LogP contribution in [0.1, 0.15) is 0 Å². The highest BCUT2D eigenvalue weighted by molar-refractivity contribution is 7.91. The van der Waals surface area contributed by atoms with Crippen LogP contribution in [0.5, 0.6) is 0 Å². The summed E-state index contributed by atoms with van der Waals surface area (Å²) >= 11 is 0. The number of likely N-dealkylation sites (N-methyl/N-ethyl adjacent to an activating group) is 1. The Morgan fingerprint density at radius 1 is 1.64 bits per heavy atom. The molecule has 1 heterocycles. The van der Waals surface area contributed by atoms with E-state index < -0.39 is 9.84 Å². The maximum Gasteiger partial charge on any atom is 0.153 e. The average Bonchev–Trinajstić information content (AvgIpc) is 1.94. The second kappa shape index (κ2) is 3.08. The van der Waals surface area contributed by atoms with Gasteiger partial charge in [0.05, 0.1) is 11.5 Å². The van der Waals surface area contributed by atoms with Gasteiger partial charge in [-0.05, 0) is 7.05 Å². The van der Waals surface area contributed by atoms with E-state index in [1.165, 1.54) is 0 Å². The Labute approximate surface area is 67.3 Å². The molecule has 4 nitrogen and oxygen atoms in total. The van der Waals surface area contributed by atoms with E-state index in [0.29, 0.717) is 13.1 Å². The molecule has 11 heavy (non-hydrogen) atoms. The summed E-state index contributed by atoms with van der Waals surface area (Å²) in [5.41, 5.74) is 5.41. The average molecular weight is 178 g/mol. The van der Waals surface area contributed by atoms with Crippen LogP contribution in [-0.2, 0) is 9.84 Å². The van der Waals surface area contributed by atoms with E-state index in [9.17, 15) is 8.42 Å². The van der Waals surface area contributed by atoms with Crippen molar-refractivity contribution in [2.75, 3.05) is 31.6 Å². The van der Waals surface area contributed by atoms with Gasteiger partial charge in [-0.25, -0.2) is 8.42 Å². The molecule has 0 aromatic rings. The highest BCUT2D eigenvalue weighted by atomic mass is 32.2. The largest absolute Gasteiger partial charge is 0.329 e. The molecule has 1 fully saturated rings. The Bertz CT molecular complexity index is 225. The zero-order valence-corrected chi connectivity index (χ0v) is 7.47. The Kier molecular flexibility index (Phi) is 2.51. The summed E-state index contributed by atoms with van der Waals surface area (Å²) in [6, 6.07) is 0.0220. The molecule has 66 valence electrons. The minimum Gasteiger partial charge on any atom is -0.329 e. The third kappa shape index (κ3) is 2.15. The highest BCUT2D eigenvalue weighted by Crippen LogP contribution is 2.07. The Hall–Kier alpha value is -0.130. The van der Waals surface area contributed by atoms with Gasteiger partial charge in [-0.2, -0.15) is 0 Å². The standard InChI is InChI=1S/C6H14N2O2S/c1-8-2-3-11(9,10)5-6(8)4-7/h6H,2-5,7H2,1H3. The lowest BCUT2D eigenvalue weighted by Crippen LogP contribution is -2.49. The highest BCUT2D eigenvalue weighted by Gasteiger charge is 2.27. The normalized spacial score (nSPS) is 32.0. The smallest absolute Gasteiger partial charge is 0.153 e. The van der Waals surface area contributed by atoms with Gasteiger partial charge in [-0.15, -0.1) is 0 Å². The van der Waals surface area contributed by atoms with Gasteiger partial charge in [0.25, 0.3) is 0 Å². The molecule has 0 spiro atoms. The molecule has 1 unspecified atom stereocenters. The monoisotopic (exact) mass is 178 g/mol. The van der Waals surface area contributed by atoms with E-state index in [1.54, 1.807) is 0 Å². The zero-order chi connectivity index (χ0) is 8.48. The molecule has 2 N–H and O–H groups in total. The van der Waals surface area contributed by atoms with Crippen LogP contribution < -0.4 is 5.73 Å². The first kappa shape index (κ1) is 8.96. The lowest BCUT2D eigenvalue weighted by atomic mass is 10.3. The van der Waals surface area contributed by atoms with Gasteiger partial charge >= 0.3 is 0 Å². The van der Waals surface area contributed by atoms with E-state index in [1.807, 2.05) is 11.9 Å². The van der Waals surface area contributed by atoms with Gasteiger partial charge in [0.1, 0.15) is 0 Å². The van der Waals surface area contributed by atoms with Crippen LogP contribution in [0.15, 0.2) is 0 Å². The number of sulfone groups is 1. The molecule has 0 aromatic carbocycles. The van der Waals surface area contributed by atoms with Gasteiger partial charge in [-0.3, -0.25) is 0 Å². The van der Waals surface area contributed by atoms with Crippen molar-refractivity contribution in [3.05, 3.63) is 0 Å². The molecule has 1 aliphatic heterocycles. The first-order valence-corrected chi connectivity index (χ1v) is 5.48. The molecule has 0 radical (unpaired) electrons. The van der Waals surface area contributed by atoms with Crippen molar-refractivity contribution in [1.82, 2.24) is 4.90 Å². The minimum atomic E-state index is -2.80. The lowest BCUT2D eigenvalue weighted by molar-refractivity contribution is 0.268. The second-order valence-corrected chi connectivity index (χ2v) is 5.21. The number of hydrogen-bond acceptors (Lipinski definition) is 4. The summed E-state index contributed by atoms with van der Waals surface area (Å²) < 4.78 is 22.2. The maximum absolute atomic E-state index is 11.1. The Balaban J connectivity index is 2.66. The van der Waals surface area contributed by atoms with Crippen molar-refractivity contribution in [3.63, 3.8) is 0 Å². The number of nitrogens with zero attached hydrogens (tertiary/aromatic N) is 1. The molecule has 0 saturated carbocycles. The van der Waals surface area contributed by atoms with Gasteiger partial charge in [0, 0.05) is 19.1 Å². The van der Waals surface area contributed by atoms with Crippen molar-refractivity contribution in [1.29, 1.82) is 0 Å². The molecule has 1 aliphatic rings. The minimum absolute atomic E-state index is 0.0220. The van der Waals surface area contributed by atoms with Crippen molar-refractivity contribution in [3.8, 4) is 0 Å². The van der Waals surface area contributed by atoms with Gasteiger partial charge < -0.3 is 10.6 Å². The number of rotatable bonds is 1. The van der Waals surface area contributed by atoms with Crippen LogP contribution in [0.4, 0.5) is 0 Å². The quantitative estimate of drug-likeness (QED) is 0.540. The van der Waals surface area contributed by atoms with Crippen LogP contribution in [0.3, 0.4) is 0 Å². The van der Waals surface area contributed by atoms with Crippen molar-refractivity contribution in [2.45, 2.75) is 6.04 Å². The van der Waals surface area contributed by atoms with E-state index in [-0.39, 0.29) is 17.5 Å². The SMILES string of the molecule is CN1CCS(=O)(=O)CC1CN. The lowest BCUT2D eigenvalue weighted by Gasteiger charge is -2.30. The maximum atomic E-state index is 11.1. The topological polar surface area (TPSA) is 63.4 Å². The molecular weight excluding hydrogens is 164 g/mol. The third-order valence-electron chi connectivity index (χ3n) is 2.10. The molecule has 0 aliphatic carbocycles. The summed E-state index contributed by atoms with van der Waals surface area (Å²) in [7, 11) is -0.890. The van der Waals surface area contributed by atoms with Crippen molar-refractivity contribution < 1.29 is 8.42 Å². The number of nitrogens with two attached hydrogens (primary N) is 1. The van der Waals surface area contributed by atoms with Crippen LogP contribution in [0.25, 0.3) is 0 Å². The third-order valence-corrected chi connectivity index (χ3v) is 3.79. The van der Waals surface area contributed by atoms with Crippen molar-refractivity contribution in [2.24, 2.45) is 5.73 Å². The fourth-order valence-corrected chi connectivity index (χ4v) is 2.93. The molecule has 1 rings (SSSR count). The predicted octanol–water partition coefficient (Wildman–Crippen LogP) is -1.33. The summed E-state index contributed by atoms with van der Waals surface area (Å²) in [4.78, 5) is 2.00. The molecular formula is C6H14N2O2S. The predicted molar refractivity (Wildman–Crippen MR) is 44.1 cm³/mol. The van der Waals surface area contributed by atoms with E-state index in [2.05, 4.69) is 0 Å². The Morgan fingerprint density at radius 3 is 2.73 bits per heavy atom. The molecule has 0 aromatic heterocycles. The van der Waals surface area contributed by atoms with Crippen molar-refractivity contribution >= 4 is 9.84 Å². The fourth-order valence-electron chi connectivity index (χ4n) is 1.22. The van der Waals surface area contributed by atoms with Gasteiger partial charge in [-0.1, -0.05) is 0 Å². The van der Waals surface area contributed by atoms with Crippen LogP contribution in [0.2, 0.25) is 0 Å². The van der Waals surface area contributed by atoms with Gasteiger partial charge in [0.15, 0.2) is 9.84 Å². The molecule has 0 amide bonds. The summed E-state index contributed by atoms with van der Waals surface area (Å²) in [6.45, 7) is 1.04. The fraction of sp³-hybridized carbons (Fsp3) is 1.00. The molecule has 5 heteroatoms. The molecule has 1 atom stereocenters.